The molecule has 3 aromatic rings. The van der Waals surface area contributed by atoms with Crippen molar-refractivity contribution in [1.29, 1.82) is 0 Å². The first-order valence-electron chi connectivity index (χ1n) is 10.7. The summed E-state index contributed by atoms with van der Waals surface area (Å²) in [7, 11) is -3.64. The maximum Gasteiger partial charge on any atom is 0.416 e. The van der Waals surface area contributed by atoms with Crippen LogP contribution in [0.3, 0.4) is 0 Å². The molecule has 1 saturated heterocycles. The molecular formula is C23H25F3N4O2S. The van der Waals surface area contributed by atoms with Crippen LogP contribution in [0.15, 0.2) is 59.6 Å². The molecule has 4 rings (SSSR count). The molecule has 10 heteroatoms. The van der Waals surface area contributed by atoms with Crippen molar-refractivity contribution >= 4 is 32.3 Å². The van der Waals surface area contributed by atoms with Crippen molar-refractivity contribution in [2.45, 2.75) is 36.9 Å². The van der Waals surface area contributed by atoms with Gasteiger partial charge in [-0.05, 0) is 68.4 Å². The average Bonchev–Trinajstić information content (AvgIpc) is 3.25. The molecule has 2 N–H and O–H groups in total. The first kappa shape index (κ1) is 23.5. The normalized spacial score (nSPS) is 17.5. The SMILES string of the molecule is CCN1CCCC1CNS(=O)(=O)c1ccc(Nc2ccnc3cc(C(F)(F)F)ccc23)cc1. The second kappa shape index (κ2) is 9.28. The number of sulfonamides is 1. The molecule has 1 fully saturated rings. The summed E-state index contributed by atoms with van der Waals surface area (Å²) in [5, 5.41) is 3.66. The number of aromatic nitrogens is 1. The predicted molar refractivity (Wildman–Crippen MR) is 122 cm³/mol. The van der Waals surface area contributed by atoms with Gasteiger partial charge in [-0.1, -0.05) is 13.0 Å². The van der Waals surface area contributed by atoms with E-state index in [0.29, 0.717) is 23.3 Å². The number of benzene rings is 2. The molecule has 0 bridgehead atoms. The van der Waals surface area contributed by atoms with Gasteiger partial charge in [0.2, 0.25) is 10.0 Å². The number of nitrogens with zero attached hydrogens (tertiary/aromatic N) is 2. The average molecular weight is 479 g/mol. The molecule has 2 aromatic carbocycles. The highest BCUT2D eigenvalue weighted by Gasteiger charge is 2.30. The lowest BCUT2D eigenvalue weighted by atomic mass is 10.1. The number of pyridine rings is 1. The first-order valence-corrected chi connectivity index (χ1v) is 12.2. The molecule has 1 aliphatic heterocycles. The molecule has 0 saturated carbocycles. The molecule has 0 amide bonds. The summed E-state index contributed by atoms with van der Waals surface area (Å²) in [6, 6.07) is 11.5. The minimum Gasteiger partial charge on any atom is -0.355 e. The predicted octanol–water partition coefficient (Wildman–Crippen LogP) is 4.76. The summed E-state index contributed by atoms with van der Waals surface area (Å²) >= 11 is 0. The van der Waals surface area contributed by atoms with Gasteiger partial charge in [-0.15, -0.1) is 0 Å². The summed E-state index contributed by atoms with van der Waals surface area (Å²) < 4.78 is 67.0. The van der Waals surface area contributed by atoms with Crippen LogP contribution in [0, 0.1) is 0 Å². The Labute approximate surface area is 190 Å². The molecule has 33 heavy (non-hydrogen) atoms. The van der Waals surface area contributed by atoms with E-state index in [1.807, 2.05) is 0 Å². The lowest BCUT2D eigenvalue weighted by molar-refractivity contribution is -0.137. The van der Waals surface area contributed by atoms with E-state index in [4.69, 9.17) is 0 Å². The molecule has 0 radical (unpaired) electrons. The molecule has 1 aromatic heterocycles. The molecule has 1 atom stereocenters. The largest absolute Gasteiger partial charge is 0.416 e. The van der Waals surface area contributed by atoms with Crippen molar-refractivity contribution in [3.63, 3.8) is 0 Å². The molecule has 6 nitrogen and oxygen atoms in total. The minimum absolute atomic E-state index is 0.156. The van der Waals surface area contributed by atoms with E-state index >= 15 is 0 Å². The number of anilines is 2. The molecule has 2 heterocycles. The number of hydrogen-bond donors (Lipinski definition) is 2. The molecule has 1 unspecified atom stereocenters. The van der Waals surface area contributed by atoms with Crippen LogP contribution in [-0.4, -0.2) is 44.0 Å². The standard InChI is InChI=1S/C23H25F3N4O2S/c1-2-30-13-3-4-18(30)15-28-33(31,32)19-8-6-17(7-9-19)29-21-11-12-27-22-14-16(23(24,25)26)5-10-20(21)22/h5-12,14,18,28H,2-4,13,15H2,1H3,(H,27,29). The van der Waals surface area contributed by atoms with E-state index in [0.717, 1.165) is 38.1 Å². The van der Waals surface area contributed by atoms with Crippen LogP contribution in [-0.2, 0) is 16.2 Å². The van der Waals surface area contributed by atoms with Gasteiger partial charge in [0.25, 0.3) is 0 Å². The van der Waals surface area contributed by atoms with Gasteiger partial charge in [0.1, 0.15) is 0 Å². The maximum atomic E-state index is 13.0. The van der Waals surface area contributed by atoms with Crippen LogP contribution in [0.1, 0.15) is 25.3 Å². The Bertz CT molecular complexity index is 1230. The topological polar surface area (TPSA) is 74.3 Å². The van der Waals surface area contributed by atoms with Gasteiger partial charge in [-0.25, -0.2) is 13.1 Å². The van der Waals surface area contributed by atoms with Crippen molar-refractivity contribution in [2.24, 2.45) is 0 Å². The Morgan fingerprint density at radius 1 is 1.12 bits per heavy atom. The molecule has 0 aliphatic carbocycles. The van der Waals surface area contributed by atoms with Crippen molar-refractivity contribution in [3.05, 3.63) is 60.3 Å². The number of likely N-dealkylation sites (N-methyl/N-ethyl adjacent to an activating group) is 1. The summed E-state index contributed by atoms with van der Waals surface area (Å²) in [6.45, 7) is 4.33. The zero-order valence-corrected chi connectivity index (χ0v) is 18.9. The van der Waals surface area contributed by atoms with Crippen molar-refractivity contribution < 1.29 is 21.6 Å². The third kappa shape index (κ3) is 5.29. The van der Waals surface area contributed by atoms with Gasteiger partial charge in [0.15, 0.2) is 0 Å². The van der Waals surface area contributed by atoms with Crippen molar-refractivity contribution in [1.82, 2.24) is 14.6 Å². The Balaban J connectivity index is 1.48. The molecule has 176 valence electrons. The molecular weight excluding hydrogens is 453 g/mol. The van der Waals surface area contributed by atoms with Gasteiger partial charge in [-0.2, -0.15) is 13.2 Å². The number of nitrogens with one attached hydrogen (secondary N) is 2. The van der Waals surface area contributed by atoms with Crippen molar-refractivity contribution in [2.75, 3.05) is 25.0 Å². The van der Waals surface area contributed by atoms with Crippen LogP contribution in [0.25, 0.3) is 10.9 Å². The fourth-order valence-electron chi connectivity index (χ4n) is 4.14. The van der Waals surface area contributed by atoms with Crippen LogP contribution < -0.4 is 10.0 Å². The second-order valence-electron chi connectivity index (χ2n) is 8.01. The Kier molecular flexibility index (Phi) is 6.60. The highest BCUT2D eigenvalue weighted by molar-refractivity contribution is 7.89. The van der Waals surface area contributed by atoms with E-state index in [9.17, 15) is 21.6 Å². The third-order valence-corrected chi connectivity index (χ3v) is 7.37. The molecule has 1 aliphatic rings. The minimum atomic E-state index is -4.44. The lowest BCUT2D eigenvalue weighted by Gasteiger charge is -2.22. The highest BCUT2D eigenvalue weighted by Crippen LogP contribution is 2.33. The highest BCUT2D eigenvalue weighted by atomic mass is 32.2. The van der Waals surface area contributed by atoms with Crippen LogP contribution in [0.4, 0.5) is 24.5 Å². The quantitative estimate of drug-likeness (QED) is 0.512. The van der Waals surface area contributed by atoms with E-state index in [1.54, 1.807) is 18.2 Å². The Morgan fingerprint density at radius 3 is 2.58 bits per heavy atom. The monoisotopic (exact) mass is 478 g/mol. The maximum absolute atomic E-state index is 13.0. The van der Waals surface area contributed by atoms with E-state index in [1.165, 1.54) is 24.4 Å². The number of likely N-dealkylation sites (tertiary alicyclic amines) is 1. The Hall–Kier alpha value is -2.69. The smallest absolute Gasteiger partial charge is 0.355 e. The zero-order valence-electron chi connectivity index (χ0n) is 18.1. The number of hydrogen-bond acceptors (Lipinski definition) is 5. The van der Waals surface area contributed by atoms with Gasteiger partial charge >= 0.3 is 6.18 Å². The third-order valence-electron chi connectivity index (χ3n) is 5.93. The van der Waals surface area contributed by atoms with Gasteiger partial charge < -0.3 is 5.32 Å². The summed E-state index contributed by atoms with van der Waals surface area (Å²) in [4.78, 5) is 6.46. The second-order valence-corrected chi connectivity index (χ2v) is 9.78. The molecule has 0 spiro atoms. The van der Waals surface area contributed by atoms with E-state index < -0.39 is 21.8 Å². The number of halogens is 3. The summed E-state index contributed by atoms with van der Waals surface area (Å²) in [5.41, 5.74) is 0.630. The number of alkyl halides is 3. The lowest BCUT2D eigenvalue weighted by Crippen LogP contribution is -2.39. The first-order chi connectivity index (χ1) is 15.7. The fourth-order valence-corrected chi connectivity index (χ4v) is 5.21. The van der Waals surface area contributed by atoms with Gasteiger partial charge in [0, 0.05) is 35.5 Å². The van der Waals surface area contributed by atoms with Crippen LogP contribution in [0.2, 0.25) is 0 Å². The number of rotatable bonds is 7. The van der Waals surface area contributed by atoms with Crippen molar-refractivity contribution in [3.8, 4) is 0 Å². The summed E-state index contributed by atoms with van der Waals surface area (Å²) in [5.74, 6) is 0. The van der Waals surface area contributed by atoms with E-state index in [2.05, 4.69) is 26.8 Å². The van der Waals surface area contributed by atoms with Crippen LogP contribution in [0.5, 0.6) is 0 Å². The number of fused-ring (bicyclic) bond motifs is 1. The Morgan fingerprint density at radius 2 is 1.88 bits per heavy atom. The van der Waals surface area contributed by atoms with E-state index in [-0.39, 0.29) is 16.5 Å². The fraction of sp³-hybridized carbons (Fsp3) is 0.348. The van der Waals surface area contributed by atoms with Gasteiger partial charge in [-0.3, -0.25) is 9.88 Å². The van der Waals surface area contributed by atoms with Gasteiger partial charge in [0.05, 0.1) is 16.0 Å². The van der Waals surface area contributed by atoms with Crippen LogP contribution >= 0.6 is 0 Å². The zero-order chi connectivity index (χ0) is 23.6. The summed E-state index contributed by atoms with van der Waals surface area (Å²) in [6.07, 6.45) is -0.969.